The summed E-state index contributed by atoms with van der Waals surface area (Å²) in [5.41, 5.74) is 0.371. The first-order chi connectivity index (χ1) is 10.4. The van der Waals surface area contributed by atoms with Gasteiger partial charge in [0, 0.05) is 19.6 Å². The molecule has 0 saturated carbocycles. The van der Waals surface area contributed by atoms with Gasteiger partial charge >= 0.3 is 6.03 Å². The van der Waals surface area contributed by atoms with Crippen LogP contribution in [-0.2, 0) is 0 Å². The molecule has 2 heterocycles. The zero-order valence-electron chi connectivity index (χ0n) is 15.0. The molecule has 2 aliphatic rings. The molecule has 2 aliphatic heterocycles. The molecule has 0 aromatic carbocycles. The van der Waals surface area contributed by atoms with Gasteiger partial charge in [-0.2, -0.15) is 0 Å². The number of nitrogens with one attached hydrogen (secondary N) is 1. The van der Waals surface area contributed by atoms with E-state index in [1.807, 2.05) is 4.90 Å². The first-order valence-corrected chi connectivity index (χ1v) is 9.15. The smallest absolute Gasteiger partial charge is 0.317 e. The Morgan fingerprint density at radius 1 is 1.05 bits per heavy atom. The lowest BCUT2D eigenvalue weighted by molar-refractivity contribution is 0.120. The molecule has 0 aromatic heterocycles. The van der Waals surface area contributed by atoms with E-state index in [2.05, 4.69) is 37.9 Å². The van der Waals surface area contributed by atoms with Crippen molar-refractivity contribution in [3.8, 4) is 0 Å². The monoisotopic (exact) mass is 309 g/mol. The lowest BCUT2D eigenvalue weighted by Gasteiger charge is -2.39. The van der Waals surface area contributed by atoms with Crippen LogP contribution < -0.4 is 5.32 Å². The van der Waals surface area contributed by atoms with Crippen LogP contribution in [0.1, 0.15) is 53.4 Å². The summed E-state index contributed by atoms with van der Waals surface area (Å²) in [5, 5.41) is 3.18. The standard InChI is InChI=1S/C18H35N3O/c1-5-20-10-6-15(7-11-20)14-19-17(22)21-12-8-16(9-13-21)18(2,3)4/h15-16H,5-14H2,1-4H3,(H,19,22). The third kappa shape index (κ3) is 4.87. The maximum atomic E-state index is 12.3. The van der Waals surface area contributed by atoms with Crippen LogP contribution in [0.4, 0.5) is 4.79 Å². The molecule has 0 aromatic rings. The minimum atomic E-state index is 0.158. The average Bonchev–Trinajstić information content (AvgIpc) is 2.52. The predicted octanol–water partition coefficient (Wildman–Crippen LogP) is 3.19. The summed E-state index contributed by atoms with van der Waals surface area (Å²) in [7, 11) is 0. The molecule has 2 fully saturated rings. The van der Waals surface area contributed by atoms with Crippen molar-refractivity contribution in [3.63, 3.8) is 0 Å². The fourth-order valence-electron chi connectivity index (χ4n) is 3.80. The van der Waals surface area contributed by atoms with E-state index in [4.69, 9.17) is 0 Å². The Labute approximate surface area is 136 Å². The minimum Gasteiger partial charge on any atom is -0.338 e. The quantitative estimate of drug-likeness (QED) is 0.869. The maximum absolute atomic E-state index is 12.3. The molecule has 2 saturated heterocycles. The molecular formula is C18H35N3O. The van der Waals surface area contributed by atoms with E-state index >= 15 is 0 Å². The van der Waals surface area contributed by atoms with Gasteiger partial charge in [-0.3, -0.25) is 0 Å². The van der Waals surface area contributed by atoms with Crippen LogP contribution in [0.25, 0.3) is 0 Å². The first-order valence-electron chi connectivity index (χ1n) is 9.15. The summed E-state index contributed by atoms with van der Waals surface area (Å²) >= 11 is 0. The van der Waals surface area contributed by atoms with E-state index in [-0.39, 0.29) is 6.03 Å². The molecule has 4 nitrogen and oxygen atoms in total. The van der Waals surface area contributed by atoms with Crippen molar-refractivity contribution >= 4 is 6.03 Å². The summed E-state index contributed by atoms with van der Waals surface area (Å²) in [6.07, 6.45) is 4.73. The molecule has 2 rings (SSSR count). The average molecular weight is 309 g/mol. The van der Waals surface area contributed by atoms with Crippen molar-refractivity contribution in [2.24, 2.45) is 17.3 Å². The molecule has 0 spiro atoms. The second kappa shape index (κ2) is 7.67. The number of nitrogens with zero attached hydrogens (tertiary/aromatic N) is 2. The Bertz CT molecular complexity index is 348. The summed E-state index contributed by atoms with van der Waals surface area (Å²) in [4.78, 5) is 16.8. The van der Waals surface area contributed by atoms with Gasteiger partial charge in [-0.15, -0.1) is 0 Å². The summed E-state index contributed by atoms with van der Waals surface area (Å²) < 4.78 is 0. The summed E-state index contributed by atoms with van der Waals surface area (Å²) in [6, 6.07) is 0.158. The lowest BCUT2D eigenvalue weighted by Crippen LogP contribution is -2.47. The Kier molecular flexibility index (Phi) is 6.13. The van der Waals surface area contributed by atoms with Crippen molar-refractivity contribution < 1.29 is 4.79 Å². The van der Waals surface area contributed by atoms with E-state index < -0.39 is 0 Å². The highest BCUT2D eigenvalue weighted by molar-refractivity contribution is 5.74. The van der Waals surface area contributed by atoms with Crippen LogP contribution in [0.15, 0.2) is 0 Å². The largest absolute Gasteiger partial charge is 0.338 e. The summed E-state index contributed by atoms with van der Waals surface area (Å²) in [5.74, 6) is 1.41. The highest BCUT2D eigenvalue weighted by atomic mass is 16.2. The van der Waals surface area contributed by atoms with Crippen LogP contribution in [-0.4, -0.2) is 55.1 Å². The lowest BCUT2D eigenvalue weighted by atomic mass is 9.75. The van der Waals surface area contributed by atoms with Crippen molar-refractivity contribution in [2.45, 2.75) is 53.4 Å². The molecule has 4 heteroatoms. The zero-order chi connectivity index (χ0) is 16.2. The maximum Gasteiger partial charge on any atom is 0.317 e. The molecule has 22 heavy (non-hydrogen) atoms. The number of likely N-dealkylation sites (tertiary alicyclic amines) is 2. The number of carbonyl (C=O) groups is 1. The highest BCUT2D eigenvalue weighted by Gasteiger charge is 2.30. The molecule has 128 valence electrons. The number of piperidine rings is 2. The third-order valence-electron chi connectivity index (χ3n) is 5.70. The van der Waals surface area contributed by atoms with E-state index in [1.54, 1.807) is 0 Å². The Hall–Kier alpha value is -0.770. The van der Waals surface area contributed by atoms with Crippen LogP contribution in [0.5, 0.6) is 0 Å². The molecule has 0 bridgehead atoms. The predicted molar refractivity (Wildman–Crippen MR) is 92.0 cm³/mol. The van der Waals surface area contributed by atoms with Gasteiger partial charge in [-0.25, -0.2) is 4.79 Å². The Balaban J connectivity index is 1.66. The van der Waals surface area contributed by atoms with E-state index in [0.717, 1.165) is 44.9 Å². The van der Waals surface area contributed by atoms with Gasteiger partial charge in [-0.1, -0.05) is 27.7 Å². The van der Waals surface area contributed by atoms with E-state index in [0.29, 0.717) is 11.3 Å². The number of carbonyl (C=O) groups excluding carboxylic acids is 1. The number of amides is 2. The van der Waals surface area contributed by atoms with E-state index in [1.165, 1.54) is 25.9 Å². The fraction of sp³-hybridized carbons (Fsp3) is 0.944. The molecular weight excluding hydrogens is 274 g/mol. The third-order valence-corrected chi connectivity index (χ3v) is 5.70. The highest BCUT2D eigenvalue weighted by Crippen LogP contribution is 2.34. The zero-order valence-corrected chi connectivity index (χ0v) is 15.0. The first kappa shape index (κ1) is 17.6. The van der Waals surface area contributed by atoms with Crippen LogP contribution in [0.3, 0.4) is 0 Å². The minimum absolute atomic E-state index is 0.158. The van der Waals surface area contributed by atoms with Gasteiger partial charge in [0.05, 0.1) is 0 Å². The van der Waals surface area contributed by atoms with Crippen molar-refractivity contribution in [1.29, 1.82) is 0 Å². The van der Waals surface area contributed by atoms with Gasteiger partial charge in [0.2, 0.25) is 0 Å². The normalized spacial score (nSPS) is 22.8. The van der Waals surface area contributed by atoms with Crippen molar-refractivity contribution in [1.82, 2.24) is 15.1 Å². The molecule has 1 N–H and O–H groups in total. The topological polar surface area (TPSA) is 35.6 Å². The SMILES string of the molecule is CCN1CCC(CNC(=O)N2CCC(C(C)(C)C)CC2)CC1. The van der Waals surface area contributed by atoms with Crippen LogP contribution in [0, 0.1) is 17.3 Å². The molecule has 0 atom stereocenters. The number of hydrogen-bond donors (Lipinski definition) is 1. The summed E-state index contributed by atoms with van der Waals surface area (Å²) in [6.45, 7) is 15.4. The molecule has 2 amide bonds. The number of hydrogen-bond acceptors (Lipinski definition) is 2. The number of rotatable bonds is 3. The van der Waals surface area contributed by atoms with Crippen LogP contribution >= 0.6 is 0 Å². The van der Waals surface area contributed by atoms with Gasteiger partial charge in [0.25, 0.3) is 0 Å². The Morgan fingerprint density at radius 2 is 1.64 bits per heavy atom. The Morgan fingerprint density at radius 3 is 2.14 bits per heavy atom. The molecule has 0 radical (unpaired) electrons. The van der Waals surface area contributed by atoms with Gasteiger partial charge in [-0.05, 0) is 62.6 Å². The van der Waals surface area contributed by atoms with Gasteiger partial charge < -0.3 is 15.1 Å². The van der Waals surface area contributed by atoms with Crippen LogP contribution in [0.2, 0.25) is 0 Å². The van der Waals surface area contributed by atoms with E-state index in [9.17, 15) is 4.79 Å². The molecule has 0 unspecified atom stereocenters. The fourth-order valence-corrected chi connectivity index (χ4v) is 3.80. The van der Waals surface area contributed by atoms with Gasteiger partial charge in [0.15, 0.2) is 0 Å². The van der Waals surface area contributed by atoms with Gasteiger partial charge in [0.1, 0.15) is 0 Å². The molecule has 0 aliphatic carbocycles. The van der Waals surface area contributed by atoms with Crippen molar-refractivity contribution in [3.05, 3.63) is 0 Å². The second-order valence-corrected chi connectivity index (χ2v) is 8.19. The number of urea groups is 1. The second-order valence-electron chi connectivity index (χ2n) is 8.19. The van der Waals surface area contributed by atoms with Crippen molar-refractivity contribution in [2.75, 3.05) is 39.3 Å².